The summed E-state index contributed by atoms with van der Waals surface area (Å²) in [5, 5.41) is 12.3. The lowest BCUT2D eigenvalue weighted by Crippen LogP contribution is -2.57. The maximum Gasteiger partial charge on any atom is 0.326 e. The molecule has 0 aromatic rings. The van der Waals surface area contributed by atoms with Crippen molar-refractivity contribution in [2.24, 2.45) is 5.92 Å². The highest BCUT2D eigenvalue weighted by Crippen LogP contribution is 2.40. The van der Waals surface area contributed by atoms with E-state index in [1.807, 2.05) is 11.8 Å². The van der Waals surface area contributed by atoms with E-state index < -0.39 is 5.54 Å². The highest BCUT2D eigenvalue weighted by Gasteiger charge is 2.49. The van der Waals surface area contributed by atoms with Crippen LogP contribution in [0, 0.1) is 5.92 Å². The average Bonchev–Trinajstić information content (AvgIpc) is 2.81. The van der Waals surface area contributed by atoms with E-state index in [1.54, 1.807) is 0 Å². The van der Waals surface area contributed by atoms with Gasteiger partial charge in [-0.25, -0.2) is 0 Å². The van der Waals surface area contributed by atoms with Gasteiger partial charge in [0, 0.05) is 12.6 Å². The highest BCUT2D eigenvalue weighted by atomic mass is 32.2. The summed E-state index contributed by atoms with van der Waals surface area (Å²) in [6, 6.07) is 0.275. The van der Waals surface area contributed by atoms with E-state index in [9.17, 15) is 4.79 Å². The van der Waals surface area contributed by atoms with Gasteiger partial charge in [-0.1, -0.05) is 6.42 Å². The minimum absolute atomic E-state index is 0.103. The van der Waals surface area contributed by atoms with Crippen LogP contribution in [0.3, 0.4) is 0 Å². The standard InChI is InChI=1S/C15H29NO3S/c1-12(2)16-15(14(18)19-3)8-4-6-13(15)7-11-20-10-5-9-17/h12-13,16-17H,4-11H2,1-3H3. The van der Waals surface area contributed by atoms with E-state index in [1.165, 1.54) is 7.11 Å². The number of carbonyl (C=O) groups excluding carboxylic acids is 1. The third-order valence-electron chi connectivity index (χ3n) is 3.97. The molecule has 0 aliphatic heterocycles. The lowest BCUT2D eigenvalue weighted by atomic mass is 9.84. The van der Waals surface area contributed by atoms with Gasteiger partial charge in [-0.3, -0.25) is 10.1 Å². The molecule has 1 fully saturated rings. The summed E-state index contributed by atoms with van der Waals surface area (Å²) < 4.78 is 5.07. The molecule has 2 atom stereocenters. The first-order valence-corrected chi connectivity index (χ1v) is 8.77. The monoisotopic (exact) mass is 303 g/mol. The minimum atomic E-state index is -0.486. The fourth-order valence-electron chi connectivity index (χ4n) is 3.18. The summed E-state index contributed by atoms with van der Waals surface area (Å²) in [6.45, 7) is 4.42. The summed E-state index contributed by atoms with van der Waals surface area (Å²) in [4.78, 5) is 12.3. The molecular weight excluding hydrogens is 274 g/mol. The Hall–Kier alpha value is -0.260. The molecule has 118 valence electrons. The topological polar surface area (TPSA) is 58.6 Å². The van der Waals surface area contributed by atoms with Gasteiger partial charge >= 0.3 is 5.97 Å². The molecule has 1 aliphatic rings. The van der Waals surface area contributed by atoms with E-state index >= 15 is 0 Å². The van der Waals surface area contributed by atoms with Crippen molar-refractivity contribution in [2.75, 3.05) is 25.2 Å². The highest BCUT2D eigenvalue weighted by molar-refractivity contribution is 7.99. The van der Waals surface area contributed by atoms with E-state index in [4.69, 9.17) is 9.84 Å². The first kappa shape index (κ1) is 17.8. The number of esters is 1. The van der Waals surface area contributed by atoms with Crippen LogP contribution in [0.2, 0.25) is 0 Å². The van der Waals surface area contributed by atoms with E-state index in [0.29, 0.717) is 5.92 Å². The molecular formula is C15H29NO3S. The molecule has 0 spiro atoms. The molecule has 0 radical (unpaired) electrons. The van der Waals surface area contributed by atoms with Crippen LogP contribution in [0.4, 0.5) is 0 Å². The first-order chi connectivity index (χ1) is 9.56. The number of methoxy groups -OCH3 is 1. The Balaban J connectivity index is 2.59. The summed E-state index contributed by atoms with van der Waals surface area (Å²) in [7, 11) is 1.48. The third-order valence-corrected chi connectivity index (χ3v) is 5.08. The predicted molar refractivity (Wildman–Crippen MR) is 84.0 cm³/mol. The number of thioether (sulfide) groups is 1. The molecule has 1 saturated carbocycles. The van der Waals surface area contributed by atoms with Crippen molar-refractivity contribution in [1.82, 2.24) is 5.32 Å². The minimum Gasteiger partial charge on any atom is -0.468 e. The number of carbonyl (C=O) groups is 1. The number of aliphatic hydroxyl groups excluding tert-OH is 1. The Labute approximate surface area is 127 Å². The van der Waals surface area contributed by atoms with Gasteiger partial charge in [0.05, 0.1) is 7.11 Å². The molecule has 1 rings (SSSR count). The van der Waals surface area contributed by atoms with Crippen molar-refractivity contribution in [3.05, 3.63) is 0 Å². The number of aliphatic hydroxyl groups is 1. The normalized spacial score (nSPS) is 26.1. The number of nitrogens with one attached hydrogen (secondary N) is 1. The molecule has 0 aromatic carbocycles. The lowest BCUT2D eigenvalue weighted by molar-refractivity contribution is -0.150. The van der Waals surface area contributed by atoms with Crippen LogP contribution in [0.1, 0.15) is 46.0 Å². The zero-order valence-electron chi connectivity index (χ0n) is 13.0. The van der Waals surface area contributed by atoms with Crippen molar-refractivity contribution in [1.29, 1.82) is 0 Å². The Morgan fingerprint density at radius 1 is 1.50 bits per heavy atom. The van der Waals surface area contributed by atoms with Crippen molar-refractivity contribution >= 4 is 17.7 Å². The number of ether oxygens (including phenoxy) is 1. The maximum atomic E-state index is 12.3. The SMILES string of the molecule is COC(=O)C1(NC(C)C)CCCC1CCSCCCO. The van der Waals surface area contributed by atoms with Crippen LogP contribution < -0.4 is 5.32 Å². The molecule has 0 bridgehead atoms. The molecule has 4 nitrogen and oxygen atoms in total. The maximum absolute atomic E-state index is 12.3. The number of hydrogen-bond donors (Lipinski definition) is 2. The van der Waals surface area contributed by atoms with Gasteiger partial charge in [0.2, 0.25) is 0 Å². The second-order valence-electron chi connectivity index (χ2n) is 5.83. The summed E-state index contributed by atoms with van der Waals surface area (Å²) >= 11 is 1.86. The molecule has 0 amide bonds. The molecule has 2 unspecified atom stereocenters. The van der Waals surface area contributed by atoms with E-state index in [2.05, 4.69) is 19.2 Å². The van der Waals surface area contributed by atoms with Crippen LogP contribution in [-0.2, 0) is 9.53 Å². The molecule has 2 N–H and O–H groups in total. The summed E-state index contributed by atoms with van der Waals surface area (Å²) in [5.41, 5.74) is -0.486. The van der Waals surface area contributed by atoms with Gasteiger partial charge in [-0.15, -0.1) is 0 Å². The second kappa shape index (κ2) is 8.90. The van der Waals surface area contributed by atoms with Crippen molar-refractivity contribution in [2.45, 2.75) is 57.5 Å². The van der Waals surface area contributed by atoms with Gasteiger partial charge in [-0.2, -0.15) is 11.8 Å². The zero-order valence-corrected chi connectivity index (χ0v) is 13.8. The Morgan fingerprint density at radius 3 is 2.85 bits per heavy atom. The Morgan fingerprint density at radius 2 is 2.25 bits per heavy atom. The Kier molecular flexibility index (Phi) is 7.92. The van der Waals surface area contributed by atoms with Gasteiger partial charge in [0.1, 0.15) is 5.54 Å². The summed E-state index contributed by atoms with van der Waals surface area (Å²) in [5.74, 6) is 2.29. The van der Waals surface area contributed by atoms with E-state index in [-0.39, 0.29) is 18.6 Å². The first-order valence-electron chi connectivity index (χ1n) is 7.61. The molecule has 20 heavy (non-hydrogen) atoms. The largest absolute Gasteiger partial charge is 0.468 e. The molecule has 1 aliphatic carbocycles. The number of rotatable bonds is 9. The van der Waals surface area contributed by atoms with Crippen LogP contribution >= 0.6 is 11.8 Å². The molecule has 0 heterocycles. The molecule has 5 heteroatoms. The molecule has 0 saturated heterocycles. The summed E-state index contributed by atoms with van der Waals surface area (Å²) in [6.07, 6.45) is 4.94. The van der Waals surface area contributed by atoms with Gasteiger partial charge in [0.15, 0.2) is 0 Å². The quantitative estimate of drug-likeness (QED) is 0.505. The van der Waals surface area contributed by atoms with Crippen LogP contribution in [-0.4, -0.2) is 47.9 Å². The van der Waals surface area contributed by atoms with E-state index in [0.717, 1.165) is 43.6 Å². The van der Waals surface area contributed by atoms with Crippen LogP contribution in [0.25, 0.3) is 0 Å². The smallest absolute Gasteiger partial charge is 0.326 e. The zero-order chi connectivity index (χ0) is 15.0. The van der Waals surface area contributed by atoms with Crippen molar-refractivity contribution in [3.8, 4) is 0 Å². The molecule has 0 aromatic heterocycles. The second-order valence-corrected chi connectivity index (χ2v) is 7.05. The fourth-order valence-corrected chi connectivity index (χ4v) is 4.17. The fraction of sp³-hybridized carbons (Fsp3) is 0.933. The lowest BCUT2D eigenvalue weighted by Gasteiger charge is -2.35. The third kappa shape index (κ3) is 4.64. The predicted octanol–water partition coefficient (Wildman–Crippen LogP) is 2.20. The number of hydrogen-bond acceptors (Lipinski definition) is 5. The average molecular weight is 303 g/mol. The van der Waals surface area contributed by atoms with Gasteiger partial charge in [0.25, 0.3) is 0 Å². The van der Waals surface area contributed by atoms with Crippen molar-refractivity contribution in [3.63, 3.8) is 0 Å². The Bertz CT molecular complexity index is 299. The van der Waals surface area contributed by atoms with Gasteiger partial charge in [-0.05, 0) is 57.0 Å². The van der Waals surface area contributed by atoms with Crippen molar-refractivity contribution < 1.29 is 14.6 Å². The van der Waals surface area contributed by atoms with Crippen LogP contribution in [0.5, 0.6) is 0 Å². The van der Waals surface area contributed by atoms with Crippen LogP contribution in [0.15, 0.2) is 0 Å². The van der Waals surface area contributed by atoms with Gasteiger partial charge < -0.3 is 9.84 Å².